The maximum absolute atomic E-state index is 13.6. The van der Waals surface area contributed by atoms with E-state index < -0.39 is 28.0 Å². The molecule has 0 N–H and O–H groups in total. The van der Waals surface area contributed by atoms with E-state index in [1.165, 1.54) is 6.20 Å². The number of carbonyl (C=O) groups is 1. The second-order valence-electron chi connectivity index (χ2n) is 7.04. The molecule has 9 nitrogen and oxygen atoms in total. The highest BCUT2D eigenvalue weighted by Gasteiger charge is 2.46. The number of carbonyl (C=O) groups excluding carboxylic acids is 1. The number of ether oxygens (including phenoxy) is 1. The number of hydroxylamine groups is 2. The van der Waals surface area contributed by atoms with Crippen LogP contribution in [0.25, 0.3) is 0 Å². The Kier molecular flexibility index (Phi) is 7.55. The lowest BCUT2D eigenvalue weighted by Gasteiger charge is -2.37. The van der Waals surface area contributed by atoms with Crippen LogP contribution in [0.1, 0.15) is 43.0 Å². The first-order valence-corrected chi connectivity index (χ1v) is 11.7. The van der Waals surface area contributed by atoms with E-state index in [9.17, 15) is 14.6 Å². The lowest BCUT2D eigenvalue weighted by atomic mass is 10.2. The van der Waals surface area contributed by atoms with Gasteiger partial charge in [-0.1, -0.05) is 30.0 Å². The number of likely N-dealkylation sites (N-methyl/N-ethyl adjacent to an activating group) is 1. The van der Waals surface area contributed by atoms with Crippen molar-refractivity contribution in [3.63, 3.8) is 0 Å². The average molecular weight is 440 g/mol. The quantitative estimate of drug-likeness (QED) is 0.192. The molecule has 158 valence electrons. The number of nitrogens with zero attached hydrogens (tertiary/aromatic N) is 5. The minimum absolute atomic E-state index is 0.0722. The minimum atomic E-state index is -1.28. The first-order chi connectivity index (χ1) is 13.9. The van der Waals surface area contributed by atoms with Gasteiger partial charge in [-0.3, -0.25) is 9.63 Å². The highest BCUT2D eigenvalue weighted by atomic mass is 32.2. The van der Waals surface area contributed by atoms with Crippen LogP contribution in [0.15, 0.2) is 28.9 Å². The number of aromatic nitrogens is 3. The normalized spacial score (nSPS) is 23.2. The molecule has 2 aromatic heterocycles. The summed E-state index contributed by atoms with van der Waals surface area (Å²) in [6, 6.07) is 3.21. The lowest BCUT2D eigenvalue weighted by molar-refractivity contribution is 0.00555. The zero-order valence-corrected chi connectivity index (χ0v) is 18.2. The molecule has 2 aromatic rings. The van der Waals surface area contributed by atoms with Crippen LogP contribution >= 0.6 is 11.3 Å². The van der Waals surface area contributed by atoms with Crippen molar-refractivity contribution >= 4 is 33.6 Å². The minimum Gasteiger partial charge on any atom is -0.622 e. The second-order valence-corrected chi connectivity index (χ2v) is 9.74. The molecule has 0 amide bonds. The van der Waals surface area contributed by atoms with Crippen LogP contribution in [0.3, 0.4) is 0 Å². The summed E-state index contributed by atoms with van der Waals surface area (Å²) < 4.78 is 17.4. The van der Waals surface area contributed by atoms with Crippen molar-refractivity contribution in [2.24, 2.45) is 0 Å². The van der Waals surface area contributed by atoms with Crippen molar-refractivity contribution in [3.8, 4) is 0 Å². The van der Waals surface area contributed by atoms with Gasteiger partial charge in [0.15, 0.2) is 0 Å². The molecule has 11 heteroatoms. The molecule has 0 radical (unpaired) electrons. The summed E-state index contributed by atoms with van der Waals surface area (Å²) in [6.45, 7) is 2.46. The summed E-state index contributed by atoms with van der Waals surface area (Å²) in [7, 11) is 1.77. The molecule has 0 spiro atoms. The van der Waals surface area contributed by atoms with Crippen LogP contribution in [0.2, 0.25) is 0 Å². The first kappa shape index (κ1) is 22.1. The molecule has 0 aliphatic carbocycles. The van der Waals surface area contributed by atoms with E-state index in [0.717, 1.165) is 37.0 Å². The fourth-order valence-electron chi connectivity index (χ4n) is 3.08. The van der Waals surface area contributed by atoms with Crippen molar-refractivity contribution in [2.75, 3.05) is 26.0 Å². The van der Waals surface area contributed by atoms with Gasteiger partial charge in [0.25, 0.3) is 6.23 Å². The SMILES string of the molecule is CCCCCC[S+]([O-])c1nnc([N+]2([O-])CN(C)CC2OC(=O)c2cccnc2)s1. The number of esters is 1. The van der Waals surface area contributed by atoms with Crippen LogP contribution in [0.5, 0.6) is 0 Å². The Bertz CT molecular complexity index is 809. The van der Waals surface area contributed by atoms with Crippen molar-refractivity contribution in [2.45, 2.75) is 43.2 Å². The maximum Gasteiger partial charge on any atom is 0.344 e. The van der Waals surface area contributed by atoms with E-state index in [0.29, 0.717) is 10.1 Å². The molecule has 0 bridgehead atoms. The van der Waals surface area contributed by atoms with E-state index in [2.05, 4.69) is 22.1 Å². The van der Waals surface area contributed by atoms with Gasteiger partial charge in [0.2, 0.25) is 0 Å². The zero-order chi connectivity index (χ0) is 20.9. The largest absolute Gasteiger partial charge is 0.622 e. The zero-order valence-electron chi connectivity index (χ0n) is 16.5. The third-order valence-corrected chi connectivity index (χ3v) is 7.39. The van der Waals surface area contributed by atoms with Gasteiger partial charge in [-0.15, -0.1) is 0 Å². The Morgan fingerprint density at radius 1 is 1.41 bits per heavy atom. The summed E-state index contributed by atoms with van der Waals surface area (Å²) in [6.07, 6.45) is 6.05. The summed E-state index contributed by atoms with van der Waals surface area (Å²) in [4.78, 5) is 18.1. The van der Waals surface area contributed by atoms with Crippen LogP contribution in [0, 0.1) is 5.21 Å². The second kappa shape index (κ2) is 9.92. The van der Waals surface area contributed by atoms with Gasteiger partial charge < -0.3 is 14.5 Å². The Labute approximate surface area is 177 Å². The molecule has 1 aliphatic rings. The molecule has 1 aliphatic heterocycles. The predicted octanol–water partition coefficient (Wildman–Crippen LogP) is 2.51. The first-order valence-electron chi connectivity index (χ1n) is 9.54. The molecule has 29 heavy (non-hydrogen) atoms. The molecule has 1 fully saturated rings. The summed E-state index contributed by atoms with van der Waals surface area (Å²) in [5.41, 5.74) is 0.278. The monoisotopic (exact) mass is 439 g/mol. The molecule has 0 saturated carbocycles. The Morgan fingerprint density at radius 3 is 2.97 bits per heavy atom. The number of hydrogen-bond donors (Lipinski definition) is 0. The summed E-state index contributed by atoms with van der Waals surface area (Å²) in [5, 5.41) is 21.7. The van der Waals surface area contributed by atoms with Gasteiger partial charge in [0, 0.05) is 34.9 Å². The third kappa shape index (κ3) is 5.30. The molecule has 0 aromatic carbocycles. The van der Waals surface area contributed by atoms with E-state index in [1.807, 2.05) is 0 Å². The molecule has 3 heterocycles. The number of hydrogen-bond acceptors (Lipinski definition) is 9. The summed E-state index contributed by atoms with van der Waals surface area (Å²) >= 11 is -0.242. The van der Waals surface area contributed by atoms with E-state index in [4.69, 9.17) is 4.74 Å². The van der Waals surface area contributed by atoms with Crippen LogP contribution in [0.4, 0.5) is 5.13 Å². The van der Waals surface area contributed by atoms with E-state index >= 15 is 0 Å². The molecule has 1 saturated heterocycles. The third-order valence-electron chi connectivity index (χ3n) is 4.62. The highest BCUT2D eigenvalue weighted by molar-refractivity contribution is 7.93. The van der Waals surface area contributed by atoms with Crippen LogP contribution in [-0.4, -0.2) is 62.8 Å². The predicted molar refractivity (Wildman–Crippen MR) is 111 cm³/mol. The Morgan fingerprint density at radius 2 is 2.24 bits per heavy atom. The van der Waals surface area contributed by atoms with Crippen molar-refractivity contribution < 1.29 is 14.1 Å². The number of quaternary nitrogens is 1. The van der Waals surface area contributed by atoms with Gasteiger partial charge in [-0.25, -0.2) is 9.69 Å². The fourth-order valence-corrected chi connectivity index (χ4v) is 5.35. The number of pyridine rings is 1. The molecule has 3 atom stereocenters. The van der Waals surface area contributed by atoms with Crippen molar-refractivity contribution in [3.05, 3.63) is 35.3 Å². The summed E-state index contributed by atoms with van der Waals surface area (Å²) in [5.74, 6) is -0.103. The van der Waals surface area contributed by atoms with Crippen molar-refractivity contribution in [1.29, 1.82) is 0 Å². The molecular weight excluding hydrogens is 414 g/mol. The number of unbranched alkanes of at least 4 members (excludes halogenated alkanes) is 3. The Hall–Kier alpha value is -1.63. The standard InChI is InChI=1S/C18H25N5O4S2/c1-3-4-5-6-10-29(26)18-21-20-17(28-18)23(25)13-22(2)12-15(23)27-16(24)14-8-7-9-19-11-14/h7-9,11,15H,3-6,10,12-13H2,1-2H3. The Balaban J connectivity index is 1.70. The van der Waals surface area contributed by atoms with Gasteiger partial charge in [-0.2, -0.15) is 0 Å². The maximum atomic E-state index is 13.6. The molecule has 3 rings (SSSR count). The van der Waals surface area contributed by atoms with Gasteiger partial charge >= 0.3 is 15.4 Å². The number of rotatable bonds is 9. The van der Waals surface area contributed by atoms with E-state index in [1.54, 1.807) is 30.3 Å². The average Bonchev–Trinajstić information content (AvgIpc) is 3.32. The van der Waals surface area contributed by atoms with Gasteiger partial charge in [0.1, 0.15) is 12.4 Å². The van der Waals surface area contributed by atoms with Crippen LogP contribution < -0.4 is 4.65 Å². The highest BCUT2D eigenvalue weighted by Crippen LogP contribution is 2.35. The smallest absolute Gasteiger partial charge is 0.344 e. The van der Waals surface area contributed by atoms with E-state index in [-0.39, 0.29) is 23.9 Å². The molecular formula is C18H25N5O4S2. The lowest BCUT2D eigenvalue weighted by Crippen LogP contribution is -2.50. The van der Waals surface area contributed by atoms with Crippen LogP contribution in [-0.2, 0) is 15.9 Å². The van der Waals surface area contributed by atoms with Gasteiger partial charge in [0.05, 0.1) is 12.1 Å². The van der Waals surface area contributed by atoms with Gasteiger partial charge in [-0.05, 0) is 32.0 Å². The van der Waals surface area contributed by atoms with Crippen molar-refractivity contribution in [1.82, 2.24) is 24.7 Å². The fraction of sp³-hybridized carbons (Fsp3) is 0.556. The molecule has 3 unspecified atom stereocenters. The topological polar surface area (TPSA) is 114 Å².